The van der Waals surface area contributed by atoms with Crippen LogP contribution in [0.4, 0.5) is 0 Å². The number of rotatable bonds is 1. The molecule has 0 saturated carbocycles. The molecule has 2 nitrogen and oxygen atoms in total. The summed E-state index contributed by atoms with van der Waals surface area (Å²) in [7, 11) is 1.39. The molecule has 0 saturated heterocycles. The van der Waals surface area contributed by atoms with Crippen LogP contribution in [0.25, 0.3) is 0 Å². The molecule has 0 aromatic heterocycles. The molecule has 0 aromatic carbocycles. The number of carbonyl (C=O) groups excluding carboxylic acids is 1. The number of ether oxygens (including phenoxy) is 1. The average Bonchev–Trinajstić information content (AvgIpc) is 2.03. The molecule has 0 heterocycles. The summed E-state index contributed by atoms with van der Waals surface area (Å²) in [5.41, 5.74) is 2.71. The van der Waals surface area contributed by atoms with Crippen molar-refractivity contribution in [1.29, 1.82) is 0 Å². The van der Waals surface area contributed by atoms with Crippen LogP contribution in [-0.4, -0.2) is 13.1 Å². The Morgan fingerprint density at radius 3 is 2.75 bits per heavy atom. The Hall–Kier alpha value is -1.31. The van der Waals surface area contributed by atoms with Crippen molar-refractivity contribution in [2.45, 2.75) is 13.3 Å². The molecule has 12 heavy (non-hydrogen) atoms. The fourth-order valence-electron chi connectivity index (χ4n) is 1.19. The first-order valence-corrected chi connectivity index (χ1v) is 3.79. The summed E-state index contributed by atoms with van der Waals surface area (Å²) in [4.78, 5) is 11.1. The maximum Gasteiger partial charge on any atom is 0.337 e. The van der Waals surface area contributed by atoms with Gasteiger partial charge in [-0.15, -0.1) is 0 Å². The molecular weight excluding hydrogens is 152 g/mol. The highest BCUT2D eigenvalue weighted by molar-refractivity contribution is 5.93. The van der Waals surface area contributed by atoms with Gasteiger partial charge in [-0.1, -0.05) is 23.8 Å². The lowest BCUT2D eigenvalue weighted by Gasteiger charge is -2.11. The molecule has 0 aromatic rings. The molecule has 1 rings (SSSR count). The van der Waals surface area contributed by atoms with Gasteiger partial charge in [-0.25, -0.2) is 4.79 Å². The van der Waals surface area contributed by atoms with Gasteiger partial charge in [0.05, 0.1) is 12.7 Å². The first-order chi connectivity index (χ1) is 5.65. The van der Waals surface area contributed by atoms with E-state index < -0.39 is 0 Å². The van der Waals surface area contributed by atoms with E-state index in [-0.39, 0.29) is 5.97 Å². The highest BCUT2D eigenvalue weighted by Crippen LogP contribution is 2.21. The number of carbonyl (C=O) groups is 1. The summed E-state index contributed by atoms with van der Waals surface area (Å²) in [6.07, 6.45) is 4.37. The van der Waals surface area contributed by atoms with Crippen molar-refractivity contribution in [1.82, 2.24) is 0 Å². The Labute approximate surface area is 72.2 Å². The zero-order valence-corrected chi connectivity index (χ0v) is 7.39. The zero-order chi connectivity index (χ0) is 9.14. The molecule has 0 radical (unpaired) electrons. The third-order valence-electron chi connectivity index (χ3n) is 1.84. The van der Waals surface area contributed by atoms with Crippen LogP contribution in [0.1, 0.15) is 13.3 Å². The predicted molar refractivity (Wildman–Crippen MR) is 47.6 cm³/mol. The van der Waals surface area contributed by atoms with Gasteiger partial charge in [-0.2, -0.15) is 0 Å². The number of hydrogen-bond donors (Lipinski definition) is 0. The fraction of sp³-hybridized carbons (Fsp3) is 0.300. The molecule has 0 aliphatic heterocycles. The van der Waals surface area contributed by atoms with Crippen LogP contribution in [0.5, 0.6) is 0 Å². The van der Waals surface area contributed by atoms with Crippen LogP contribution in [0.15, 0.2) is 35.5 Å². The molecule has 2 heteroatoms. The zero-order valence-electron chi connectivity index (χ0n) is 7.39. The second kappa shape index (κ2) is 3.39. The van der Waals surface area contributed by atoms with E-state index in [0.717, 1.165) is 17.6 Å². The van der Waals surface area contributed by atoms with E-state index in [9.17, 15) is 4.79 Å². The monoisotopic (exact) mass is 164 g/mol. The summed E-state index contributed by atoms with van der Waals surface area (Å²) in [6, 6.07) is 0. The third-order valence-corrected chi connectivity index (χ3v) is 1.84. The average molecular weight is 164 g/mol. The molecule has 1 aliphatic rings. The van der Waals surface area contributed by atoms with E-state index in [1.54, 1.807) is 6.08 Å². The molecular formula is C10H12O2. The quantitative estimate of drug-likeness (QED) is 0.554. The second-order valence-electron chi connectivity index (χ2n) is 2.85. The predicted octanol–water partition coefficient (Wildman–Crippen LogP) is 1.99. The maximum atomic E-state index is 11.1. The third kappa shape index (κ3) is 1.64. The Kier molecular flexibility index (Phi) is 2.48. The largest absolute Gasteiger partial charge is 0.465 e. The van der Waals surface area contributed by atoms with Crippen molar-refractivity contribution in [3.63, 3.8) is 0 Å². The van der Waals surface area contributed by atoms with Crippen molar-refractivity contribution in [2.24, 2.45) is 0 Å². The Bertz CT molecular complexity index is 282. The Balaban J connectivity index is 2.91. The number of hydrogen-bond acceptors (Lipinski definition) is 2. The van der Waals surface area contributed by atoms with Crippen molar-refractivity contribution in [3.8, 4) is 0 Å². The van der Waals surface area contributed by atoms with E-state index in [2.05, 4.69) is 11.3 Å². The molecule has 0 atom stereocenters. The van der Waals surface area contributed by atoms with Gasteiger partial charge in [0.15, 0.2) is 0 Å². The van der Waals surface area contributed by atoms with Crippen molar-refractivity contribution in [3.05, 3.63) is 35.5 Å². The molecule has 0 amide bonds. The lowest BCUT2D eigenvalue weighted by Crippen LogP contribution is -2.07. The van der Waals surface area contributed by atoms with Gasteiger partial charge >= 0.3 is 5.97 Å². The lowest BCUT2D eigenvalue weighted by atomic mass is 9.96. The highest BCUT2D eigenvalue weighted by atomic mass is 16.5. The van der Waals surface area contributed by atoms with E-state index in [4.69, 9.17) is 0 Å². The second-order valence-corrected chi connectivity index (χ2v) is 2.85. The lowest BCUT2D eigenvalue weighted by molar-refractivity contribution is -0.135. The minimum absolute atomic E-state index is 0.267. The Morgan fingerprint density at radius 1 is 1.58 bits per heavy atom. The van der Waals surface area contributed by atoms with Crippen molar-refractivity contribution in [2.75, 3.05) is 7.11 Å². The molecule has 0 bridgehead atoms. The normalized spacial score (nSPS) is 16.7. The maximum absolute atomic E-state index is 11.1. The molecule has 0 fully saturated rings. The molecule has 1 aliphatic carbocycles. The first kappa shape index (κ1) is 8.78. The first-order valence-electron chi connectivity index (χ1n) is 3.79. The van der Waals surface area contributed by atoms with Gasteiger partial charge in [-0.3, -0.25) is 0 Å². The molecule has 64 valence electrons. The summed E-state index contributed by atoms with van der Waals surface area (Å²) in [5.74, 6) is -0.267. The summed E-state index contributed by atoms with van der Waals surface area (Å²) >= 11 is 0. The van der Waals surface area contributed by atoms with Crippen LogP contribution in [0, 0.1) is 0 Å². The summed E-state index contributed by atoms with van der Waals surface area (Å²) < 4.78 is 4.62. The van der Waals surface area contributed by atoms with Crippen LogP contribution in [0.3, 0.4) is 0 Å². The van der Waals surface area contributed by atoms with Crippen molar-refractivity contribution < 1.29 is 9.53 Å². The van der Waals surface area contributed by atoms with E-state index in [1.165, 1.54) is 7.11 Å². The van der Waals surface area contributed by atoms with Gasteiger partial charge in [0.2, 0.25) is 0 Å². The minimum Gasteiger partial charge on any atom is -0.465 e. The van der Waals surface area contributed by atoms with E-state index in [1.807, 2.05) is 13.0 Å². The fourth-order valence-corrected chi connectivity index (χ4v) is 1.19. The summed E-state index contributed by atoms with van der Waals surface area (Å²) in [5, 5.41) is 0. The van der Waals surface area contributed by atoms with Gasteiger partial charge in [-0.05, 0) is 19.4 Å². The SMILES string of the molecule is C=C1C=CC(C(=O)OC)=C(C)C1. The van der Waals surface area contributed by atoms with Crippen LogP contribution < -0.4 is 0 Å². The molecule has 0 N–H and O–H groups in total. The highest BCUT2D eigenvalue weighted by Gasteiger charge is 2.13. The number of allylic oxidation sites excluding steroid dienone is 3. The number of methoxy groups -OCH3 is 1. The van der Waals surface area contributed by atoms with Gasteiger partial charge in [0, 0.05) is 0 Å². The summed E-state index contributed by atoms with van der Waals surface area (Å²) in [6.45, 7) is 5.73. The van der Waals surface area contributed by atoms with Crippen LogP contribution in [-0.2, 0) is 9.53 Å². The van der Waals surface area contributed by atoms with Gasteiger partial charge in [0.1, 0.15) is 0 Å². The Morgan fingerprint density at radius 2 is 2.25 bits per heavy atom. The van der Waals surface area contributed by atoms with E-state index in [0.29, 0.717) is 5.57 Å². The van der Waals surface area contributed by atoms with Crippen LogP contribution in [0.2, 0.25) is 0 Å². The molecule has 0 spiro atoms. The topological polar surface area (TPSA) is 26.3 Å². The van der Waals surface area contributed by atoms with Gasteiger partial charge in [0.25, 0.3) is 0 Å². The standard InChI is InChI=1S/C10H12O2/c1-7-4-5-9(8(2)6-7)10(11)12-3/h4-5H,1,6H2,2-3H3. The van der Waals surface area contributed by atoms with Crippen LogP contribution >= 0.6 is 0 Å². The van der Waals surface area contributed by atoms with Gasteiger partial charge < -0.3 is 4.74 Å². The molecule has 0 unspecified atom stereocenters. The number of esters is 1. The smallest absolute Gasteiger partial charge is 0.337 e. The minimum atomic E-state index is -0.267. The van der Waals surface area contributed by atoms with Crippen molar-refractivity contribution >= 4 is 5.97 Å². The van der Waals surface area contributed by atoms with E-state index >= 15 is 0 Å².